The van der Waals surface area contributed by atoms with E-state index in [1.165, 1.54) is 0 Å². The van der Waals surface area contributed by atoms with Crippen LogP contribution in [0.2, 0.25) is 0 Å². The molecule has 0 spiro atoms. The number of aromatic hydroxyl groups is 1. The first-order chi connectivity index (χ1) is 14.6. The molecule has 3 N–H and O–H groups in total. The van der Waals surface area contributed by atoms with Crippen LogP contribution >= 0.6 is 24.0 Å². The van der Waals surface area contributed by atoms with E-state index in [1.807, 2.05) is 48.2 Å². The van der Waals surface area contributed by atoms with Crippen molar-refractivity contribution in [2.45, 2.75) is 32.7 Å². The fourth-order valence-corrected chi connectivity index (χ4v) is 3.46. The molecule has 0 aliphatic carbocycles. The van der Waals surface area contributed by atoms with Gasteiger partial charge in [0.1, 0.15) is 0 Å². The van der Waals surface area contributed by atoms with Gasteiger partial charge in [0.2, 0.25) is 5.91 Å². The van der Waals surface area contributed by atoms with Crippen LogP contribution in [0.25, 0.3) is 0 Å². The van der Waals surface area contributed by atoms with Crippen LogP contribution < -0.4 is 20.3 Å². The Morgan fingerprint density at radius 1 is 1.19 bits per heavy atom. The van der Waals surface area contributed by atoms with Gasteiger partial charge in [0, 0.05) is 31.7 Å². The Bertz CT molecular complexity index is 887. The minimum absolute atomic E-state index is 0. The van der Waals surface area contributed by atoms with Crippen LogP contribution in [0.1, 0.15) is 30.9 Å². The molecule has 1 amide bonds. The standard InChI is InChI=1S/C23H30N4O3.HI/c1-3-24-23(25-14-13-18-6-4-7-20(30-2)22(18)29)26-16-17-9-11-19(12-10-17)27-15-5-8-21(27)28;/h4,6-7,9-12,29H,3,5,8,13-16H2,1-2H3,(H2,24,25,26);1H. The van der Waals surface area contributed by atoms with Gasteiger partial charge in [-0.05, 0) is 49.1 Å². The first-order valence-corrected chi connectivity index (χ1v) is 10.4. The van der Waals surface area contributed by atoms with Crippen molar-refractivity contribution in [3.8, 4) is 11.5 Å². The summed E-state index contributed by atoms with van der Waals surface area (Å²) in [6.45, 7) is 4.74. The number of ether oxygens (including phenoxy) is 1. The largest absolute Gasteiger partial charge is 0.504 e. The number of guanidine groups is 1. The Balaban J connectivity index is 0.00000341. The summed E-state index contributed by atoms with van der Waals surface area (Å²) in [5, 5.41) is 16.7. The third-order valence-corrected chi connectivity index (χ3v) is 5.07. The van der Waals surface area contributed by atoms with Crippen molar-refractivity contribution in [3.63, 3.8) is 0 Å². The van der Waals surface area contributed by atoms with Crippen LogP contribution in [0.5, 0.6) is 11.5 Å². The average molecular weight is 538 g/mol. The van der Waals surface area contributed by atoms with Crippen LogP contribution in [0.4, 0.5) is 5.69 Å². The number of aliphatic imine (C=N–C) groups is 1. The number of methoxy groups -OCH3 is 1. The van der Waals surface area contributed by atoms with Gasteiger partial charge in [0.05, 0.1) is 13.7 Å². The molecule has 1 saturated heterocycles. The zero-order valence-electron chi connectivity index (χ0n) is 18.1. The van der Waals surface area contributed by atoms with E-state index in [0.717, 1.165) is 42.3 Å². The number of halogens is 1. The maximum absolute atomic E-state index is 11.9. The van der Waals surface area contributed by atoms with Crippen LogP contribution in [-0.2, 0) is 17.8 Å². The molecule has 0 unspecified atom stereocenters. The number of phenolic OH excluding ortho intramolecular Hbond substituents is 1. The SMILES string of the molecule is CCNC(=NCc1ccc(N2CCCC2=O)cc1)NCCc1cccc(OC)c1O.I. The molecule has 0 radical (unpaired) electrons. The average Bonchev–Trinajstić information content (AvgIpc) is 3.19. The van der Waals surface area contributed by atoms with Crippen molar-refractivity contribution < 1.29 is 14.6 Å². The molecule has 31 heavy (non-hydrogen) atoms. The minimum atomic E-state index is 0. The second-order valence-corrected chi connectivity index (χ2v) is 7.16. The molecule has 0 aromatic heterocycles. The second kappa shape index (κ2) is 12.4. The third-order valence-electron chi connectivity index (χ3n) is 5.07. The quantitative estimate of drug-likeness (QED) is 0.273. The molecular weight excluding hydrogens is 507 g/mol. The molecule has 2 aromatic carbocycles. The van der Waals surface area contributed by atoms with Gasteiger partial charge in [-0.2, -0.15) is 0 Å². The maximum Gasteiger partial charge on any atom is 0.227 e. The third kappa shape index (κ3) is 6.75. The monoisotopic (exact) mass is 538 g/mol. The topological polar surface area (TPSA) is 86.2 Å². The van der Waals surface area contributed by atoms with Crippen LogP contribution in [-0.4, -0.2) is 43.7 Å². The smallest absolute Gasteiger partial charge is 0.227 e. The van der Waals surface area contributed by atoms with Crippen LogP contribution in [0, 0.1) is 0 Å². The van der Waals surface area contributed by atoms with Gasteiger partial charge in [0.25, 0.3) is 0 Å². The van der Waals surface area contributed by atoms with Crippen molar-refractivity contribution >= 4 is 41.5 Å². The van der Waals surface area contributed by atoms with Gasteiger partial charge in [-0.25, -0.2) is 4.99 Å². The van der Waals surface area contributed by atoms with Gasteiger partial charge < -0.3 is 25.4 Å². The van der Waals surface area contributed by atoms with E-state index < -0.39 is 0 Å². The number of carbonyl (C=O) groups is 1. The summed E-state index contributed by atoms with van der Waals surface area (Å²) < 4.78 is 5.16. The fraction of sp³-hybridized carbons (Fsp3) is 0.391. The first-order valence-electron chi connectivity index (χ1n) is 10.4. The summed E-state index contributed by atoms with van der Waals surface area (Å²) in [5.41, 5.74) is 2.85. The number of anilines is 1. The van der Waals surface area contributed by atoms with Gasteiger partial charge in [-0.3, -0.25) is 4.79 Å². The van der Waals surface area contributed by atoms with Crippen molar-refractivity contribution in [1.82, 2.24) is 10.6 Å². The van der Waals surface area contributed by atoms with Crippen molar-refractivity contribution in [2.75, 3.05) is 31.6 Å². The summed E-state index contributed by atoms with van der Waals surface area (Å²) >= 11 is 0. The highest BCUT2D eigenvalue weighted by atomic mass is 127. The van der Waals surface area contributed by atoms with Crippen molar-refractivity contribution in [1.29, 1.82) is 0 Å². The van der Waals surface area contributed by atoms with E-state index in [9.17, 15) is 9.90 Å². The minimum Gasteiger partial charge on any atom is -0.504 e. The summed E-state index contributed by atoms with van der Waals surface area (Å²) in [4.78, 5) is 18.4. The molecule has 0 atom stereocenters. The summed E-state index contributed by atoms with van der Waals surface area (Å²) in [5.74, 6) is 1.58. The number of amides is 1. The predicted octanol–water partition coefficient (Wildman–Crippen LogP) is 3.44. The molecule has 1 aliphatic heterocycles. The number of para-hydroxylation sites is 1. The van der Waals surface area contributed by atoms with Crippen LogP contribution in [0.3, 0.4) is 0 Å². The number of nitrogens with zero attached hydrogens (tertiary/aromatic N) is 2. The number of carbonyl (C=O) groups excluding carboxylic acids is 1. The van der Waals surface area contributed by atoms with Gasteiger partial charge in [-0.1, -0.05) is 24.3 Å². The number of hydrogen-bond donors (Lipinski definition) is 3. The number of phenols is 1. The molecule has 0 bridgehead atoms. The lowest BCUT2D eigenvalue weighted by Crippen LogP contribution is -2.38. The highest BCUT2D eigenvalue weighted by molar-refractivity contribution is 14.0. The molecular formula is C23H31IN4O3. The van der Waals surface area contributed by atoms with E-state index in [2.05, 4.69) is 15.6 Å². The molecule has 3 rings (SSSR count). The van der Waals surface area contributed by atoms with Gasteiger partial charge >= 0.3 is 0 Å². The summed E-state index contributed by atoms with van der Waals surface area (Å²) in [6, 6.07) is 13.5. The summed E-state index contributed by atoms with van der Waals surface area (Å²) in [7, 11) is 1.54. The van der Waals surface area contributed by atoms with Crippen molar-refractivity contribution in [2.24, 2.45) is 4.99 Å². The lowest BCUT2D eigenvalue weighted by molar-refractivity contribution is -0.117. The highest BCUT2D eigenvalue weighted by Gasteiger charge is 2.21. The van der Waals surface area contributed by atoms with E-state index in [4.69, 9.17) is 4.74 Å². The van der Waals surface area contributed by atoms with Crippen LogP contribution in [0.15, 0.2) is 47.5 Å². The lowest BCUT2D eigenvalue weighted by Gasteiger charge is -2.16. The maximum atomic E-state index is 11.9. The number of rotatable bonds is 8. The Hall–Kier alpha value is -2.49. The normalized spacial score (nSPS) is 13.7. The first kappa shape index (κ1) is 24.8. The molecule has 0 saturated carbocycles. The second-order valence-electron chi connectivity index (χ2n) is 7.16. The molecule has 1 aliphatic rings. The Morgan fingerprint density at radius 3 is 2.61 bits per heavy atom. The van der Waals surface area contributed by atoms with E-state index in [1.54, 1.807) is 13.2 Å². The molecule has 1 heterocycles. The number of nitrogens with one attached hydrogen (secondary N) is 2. The highest BCUT2D eigenvalue weighted by Crippen LogP contribution is 2.29. The van der Waals surface area contributed by atoms with E-state index in [-0.39, 0.29) is 35.6 Å². The summed E-state index contributed by atoms with van der Waals surface area (Å²) in [6.07, 6.45) is 2.21. The van der Waals surface area contributed by atoms with Gasteiger partial charge in [-0.15, -0.1) is 24.0 Å². The van der Waals surface area contributed by atoms with Crippen molar-refractivity contribution in [3.05, 3.63) is 53.6 Å². The molecule has 8 heteroatoms. The number of benzene rings is 2. The predicted molar refractivity (Wildman–Crippen MR) is 135 cm³/mol. The Kier molecular flexibility index (Phi) is 9.90. The zero-order chi connectivity index (χ0) is 21.3. The lowest BCUT2D eigenvalue weighted by atomic mass is 10.1. The number of hydrogen-bond acceptors (Lipinski definition) is 4. The van der Waals surface area contributed by atoms with E-state index >= 15 is 0 Å². The Labute approximate surface area is 200 Å². The molecule has 7 nitrogen and oxygen atoms in total. The Morgan fingerprint density at radius 2 is 1.97 bits per heavy atom. The molecule has 2 aromatic rings. The fourth-order valence-electron chi connectivity index (χ4n) is 3.46. The van der Waals surface area contributed by atoms with E-state index in [0.29, 0.717) is 31.7 Å². The van der Waals surface area contributed by atoms with Gasteiger partial charge in [0.15, 0.2) is 17.5 Å². The molecule has 1 fully saturated rings. The molecule has 168 valence electrons. The zero-order valence-corrected chi connectivity index (χ0v) is 20.4.